The maximum Gasteiger partial charge on any atom is 0.111 e. The molecule has 0 aliphatic rings. The molecule has 0 bridgehead atoms. The summed E-state index contributed by atoms with van der Waals surface area (Å²) in [6.45, 7) is 0. The van der Waals surface area contributed by atoms with E-state index in [0.717, 1.165) is 29.0 Å². The van der Waals surface area contributed by atoms with Crippen LogP contribution in [0.5, 0.6) is 0 Å². The average Bonchev–Trinajstić information content (AvgIpc) is 2.71. The third kappa shape index (κ3) is 2.46. The molecule has 0 spiro atoms. The first-order valence-corrected chi connectivity index (χ1v) is 5.59. The standard InChI is InChI=1S/C14H13N3.ClH/c15-11-6-7-12-13(9-11)17-14(16-12)8-10-4-2-1-3-5-10;/h1-7,9H,8,15H2,(H,16,17);1H/p-1. The quantitative estimate of drug-likeness (QED) is 0.623. The highest BCUT2D eigenvalue weighted by molar-refractivity contribution is 5.78. The molecule has 4 heteroatoms. The van der Waals surface area contributed by atoms with Gasteiger partial charge < -0.3 is 23.1 Å². The van der Waals surface area contributed by atoms with E-state index in [0.29, 0.717) is 0 Å². The Kier molecular flexibility index (Phi) is 3.53. The fourth-order valence-electron chi connectivity index (χ4n) is 1.95. The van der Waals surface area contributed by atoms with Gasteiger partial charge in [0.2, 0.25) is 0 Å². The number of rotatable bonds is 2. The fraction of sp³-hybridized carbons (Fsp3) is 0.0714. The predicted molar refractivity (Wildman–Crippen MR) is 69.8 cm³/mol. The van der Waals surface area contributed by atoms with E-state index in [1.54, 1.807) is 0 Å². The van der Waals surface area contributed by atoms with Gasteiger partial charge in [-0.05, 0) is 23.8 Å². The number of benzene rings is 2. The molecule has 0 amide bonds. The second-order valence-corrected chi connectivity index (χ2v) is 4.12. The number of anilines is 1. The first kappa shape index (κ1) is 12.5. The van der Waals surface area contributed by atoms with Crippen molar-refractivity contribution in [3.63, 3.8) is 0 Å². The summed E-state index contributed by atoms with van der Waals surface area (Å²) in [7, 11) is 0. The SMILES string of the molecule is Nc1ccc2nc(Cc3ccccc3)[nH]c2c1.[Cl-]. The number of imidazole rings is 1. The third-order valence-corrected chi connectivity index (χ3v) is 2.77. The lowest BCUT2D eigenvalue weighted by Gasteiger charge is -1.96. The van der Waals surface area contributed by atoms with Gasteiger partial charge in [0, 0.05) is 12.1 Å². The Bertz CT molecular complexity index is 646. The molecule has 92 valence electrons. The van der Waals surface area contributed by atoms with E-state index in [2.05, 4.69) is 22.1 Å². The molecule has 1 aromatic heterocycles. The van der Waals surface area contributed by atoms with Gasteiger partial charge in [0.1, 0.15) is 5.82 Å². The van der Waals surface area contributed by atoms with Crippen LogP contribution in [0.1, 0.15) is 11.4 Å². The highest BCUT2D eigenvalue weighted by Gasteiger charge is 2.03. The highest BCUT2D eigenvalue weighted by atomic mass is 35.5. The lowest BCUT2D eigenvalue weighted by atomic mass is 10.1. The third-order valence-electron chi connectivity index (χ3n) is 2.77. The molecule has 2 aromatic carbocycles. The molecular weight excluding hydrogens is 246 g/mol. The van der Waals surface area contributed by atoms with Crippen molar-refractivity contribution in [1.82, 2.24) is 9.97 Å². The van der Waals surface area contributed by atoms with Crippen LogP contribution in [0.4, 0.5) is 5.69 Å². The maximum atomic E-state index is 5.74. The van der Waals surface area contributed by atoms with Crippen molar-refractivity contribution in [2.24, 2.45) is 0 Å². The van der Waals surface area contributed by atoms with E-state index in [-0.39, 0.29) is 12.4 Å². The van der Waals surface area contributed by atoms with Gasteiger partial charge in [0.25, 0.3) is 0 Å². The van der Waals surface area contributed by atoms with Crippen molar-refractivity contribution in [2.75, 3.05) is 5.73 Å². The van der Waals surface area contributed by atoms with Crippen LogP contribution in [-0.2, 0) is 6.42 Å². The molecule has 0 saturated heterocycles. The lowest BCUT2D eigenvalue weighted by Crippen LogP contribution is -3.00. The summed E-state index contributed by atoms with van der Waals surface area (Å²) in [5, 5.41) is 0. The van der Waals surface area contributed by atoms with Crippen molar-refractivity contribution in [1.29, 1.82) is 0 Å². The zero-order valence-electron chi connectivity index (χ0n) is 9.73. The zero-order valence-corrected chi connectivity index (χ0v) is 10.5. The maximum absolute atomic E-state index is 5.74. The van der Waals surface area contributed by atoms with Crippen LogP contribution < -0.4 is 18.1 Å². The van der Waals surface area contributed by atoms with Gasteiger partial charge in [-0.1, -0.05) is 30.3 Å². The Morgan fingerprint density at radius 3 is 2.61 bits per heavy atom. The first-order valence-electron chi connectivity index (χ1n) is 5.59. The number of fused-ring (bicyclic) bond motifs is 1. The lowest BCUT2D eigenvalue weighted by molar-refractivity contribution is -0.00000362. The molecule has 0 saturated carbocycles. The summed E-state index contributed by atoms with van der Waals surface area (Å²) in [5.74, 6) is 0.969. The topological polar surface area (TPSA) is 54.7 Å². The van der Waals surface area contributed by atoms with Crippen molar-refractivity contribution in [2.45, 2.75) is 6.42 Å². The average molecular weight is 259 g/mol. The summed E-state index contributed by atoms with van der Waals surface area (Å²) < 4.78 is 0. The van der Waals surface area contributed by atoms with Crippen LogP contribution in [0.25, 0.3) is 11.0 Å². The predicted octanol–water partition coefficient (Wildman–Crippen LogP) is -0.260. The summed E-state index contributed by atoms with van der Waals surface area (Å²) in [4.78, 5) is 7.83. The Morgan fingerprint density at radius 2 is 1.83 bits per heavy atom. The Labute approximate surface area is 111 Å². The number of nitrogens with two attached hydrogens (primary N) is 1. The summed E-state index contributed by atoms with van der Waals surface area (Å²) in [6.07, 6.45) is 0.815. The molecule has 18 heavy (non-hydrogen) atoms. The molecule has 3 N–H and O–H groups in total. The van der Waals surface area contributed by atoms with Gasteiger partial charge in [-0.2, -0.15) is 0 Å². The summed E-state index contributed by atoms with van der Waals surface area (Å²) in [5.41, 5.74) is 9.70. The van der Waals surface area contributed by atoms with Crippen LogP contribution in [0.3, 0.4) is 0 Å². The zero-order chi connectivity index (χ0) is 11.7. The van der Waals surface area contributed by atoms with Crippen molar-refractivity contribution >= 4 is 16.7 Å². The minimum absolute atomic E-state index is 0. The number of aromatic amines is 1. The van der Waals surface area contributed by atoms with E-state index < -0.39 is 0 Å². The first-order chi connectivity index (χ1) is 8.31. The molecule has 0 aliphatic heterocycles. The van der Waals surface area contributed by atoms with Gasteiger partial charge in [0.15, 0.2) is 0 Å². The van der Waals surface area contributed by atoms with E-state index in [1.165, 1.54) is 5.56 Å². The van der Waals surface area contributed by atoms with Crippen LogP contribution in [-0.4, -0.2) is 9.97 Å². The number of nitrogen functional groups attached to an aromatic ring is 1. The van der Waals surface area contributed by atoms with Crippen LogP contribution in [0.2, 0.25) is 0 Å². The molecule has 0 radical (unpaired) electrons. The van der Waals surface area contributed by atoms with Crippen LogP contribution in [0, 0.1) is 0 Å². The van der Waals surface area contributed by atoms with E-state index in [1.807, 2.05) is 36.4 Å². The van der Waals surface area contributed by atoms with Gasteiger partial charge in [-0.15, -0.1) is 0 Å². The molecule has 1 heterocycles. The normalized spacial score (nSPS) is 10.2. The molecule has 0 atom stereocenters. The fourth-order valence-corrected chi connectivity index (χ4v) is 1.95. The number of hydrogen-bond donors (Lipinski definition) is 2. The monoisotopic (exact) mass is 258 g/mol. The van der Waals surface area contributed by atoms with E-state index in [4.69, 9.17) is 5.73 Å². The molecule has 0 aliphatic carbocycles. The van der Waals surface area contributed by atoms with Crippen molar-refractivity contribution < 1.29 is 12.4 Å². The molecule has 0 unspecified atom stereocenters. The van der Waals surface area contributed by atoms with Crippen LogP contribution >= 0.6 is 0 Å². The Hall–Kier alpha value is -2.00. The number of aromatic nitrogens is 2. The van der Waals surface area contributed by atoms with Gasteiger partial charge in [-0.3, -0.25) is 0 Å². The minimum Gasteiger partial charge on any atom is -1.00 e. The second-order valence-electron chi connectivity index (χ2n) is 4.12. The second kappa shape index (κ2) is 5.10. The van der Waals surface area contributed by atoms with Gasteiger partial charge >= 0.3 is 0 Å². The number of nitrogens with one attached hydrogen (secondary N) is 1. The van der Waals surface area contributed by atoms with E-state index >= 15 is 0 Å². The number of hydrogen-bond acceptors (Lipinski definition) is 2. The molecule has 3 rings (SSSR count). The summed E-state index contributed by atoms with van der Waals surface area (Å²) in [6, 6.07) is 16.0. The smallest absolute Gasteiger partial charge is 0.111 e. The molecular formula is C14H13ClN3-. The summed E-state index contributed by atoms with van der Waals surface area (Å²) >= 11 is 0. The minimum atomic E-state index is 0. The Morgan fingerprint density at radius 1 is 1.06 bits per heavy atom. The van der Waals surface area contributed by atoms with Crippen molar-refractivity contribution in [3.05, 3.63) is 59.9 Å². The molecule has 3 nitrogen and oxygen atoms in total. The van der Waals surface area contributed by atoms with Gasteiger partial charge in [0.05, 0.1) is 11.0 Å². The largest absolute Gasteiger partial charge is 1.00 e. The van der Waals surface area contributed by atoms with Gasteiger partial charge in [-0.25, -0.2) is 4.98 Å². The molecule has 0 fully saturated rings. The number of halogens is 1. The Balaban J connectivity index is 0.00000120. The van der Waals surface area contributed by atoms with Crippen molar-refractivity contribution in [3.8, 4) is 0 Å². The number of H-pyrrole nitrogens is 1. The van der Waals surface area contributed by atoms with E-state index in [9.17, 15) is 0 Å². The number of nitrogens with zero attached hydrogens (tertiary/aromatic N) is 1. The molecule has 3 aromatic rings. The highest BCUT2D eigenvalue weighted by Crippen LogP contribution is 2.16. The van der Waals surface area contributed by atoms with Crippen LogP contribution in [0.15, 0.2) is 48.5 Å².